The van der Waals surface area contributed by atoms with Crippen molar-refractivity contribution >= 4 is 38.5 Å². The number of thiazole rings is 1. The first kappa shape index (κ1) is 12.8. The van der Waals surface area contributed by atoms with Crippen molar-refractivity contribution in [3.63, 3.8) is 0 Å². The van der Waals surface area contributed by atoms with E-state index in [1.165, 1.54) is 11.3 Å². The molecule has 0 aliphatic carbocycles. The Morgan fingerprint density at radius 1 is 1.56 bits per heavy atom. The molecule has 0 bridgehead atoms. The van der Waals surface area contributed by atoms with Gasteiger partial charge in [0.2, 0.25) is 0 Å². The number of ether oxygens (including phenoxy) is 1. The summed E-state index contributed by atoms with van der Waals surface area (Å²) in [5, 5.41) is 7.78. The van der Waals surface area contributed by atoms with E-state index in [9.17, 15) is 0 Å². The molecule has 0 aliphatic heterocycles. The van der Waals surface area contributed by atoms with Gasteiger partial charge in [0.25, 0.3) is 0 Å². The third kappa shape index (κ3) is 2.13. The zero-order valence-corrected chi connectivity index (χ0v) is 11.2. The molecule has 3 nitrogen and oxygen atoms in total. The molecule has 1 N–H and O–H groups in total. The van der Waals surface area contributed by atoms with Crippen LogP contribution in [0.2, 0.25) is 0 Å². The smallest absolute Gasteiger partial charge is 0.183 e. The number of halogens is 1. The highest BCUT2D eigenvalue weighted by Gasteiger charge is 2.04. The fraction of sp³-hybridized carbons (Fsp3) is 0.182. The van der Waals surface area contributed by atoms with Gasteiger partial charge in [-0.3, -0.25) is 5.41 Å². The second-order valence-corrected chi connectivity index (χ2v) is 4.06. The molecular formula is C11H11BrN2OS. The van der Waals surface area contributed by atoms with Crippen LogP contribution in [-0.2, 0) is 6.54 Å². The van der Waals surface area contributed by atoms with Crippen LogP contribution in [-0.4, -0.2) is 11.7 Å². The zero-order valence-electron chi connectivity index (χ0n) is 8.69. The molecule has 0 unspecified atom stereocenters. The first-order valence-corrected chi connectivity index (χ1v) is 5.23. The second-order valence-electron chi connectivity index (χ2n) is 3.03. The van der Waals surface area contributed by atoms with Crippen molar-refractivity contribution in [2.45, 2.75) is 6.54 Å². The van der Waals surface area contributed by atoms with E-state index in [4.69, 9.17) is 16.6 Å². The molecule has 16 heavy (non-hydrogen) atoms. The minimum absolute atomic E-state index is 0. The molecule has 0 amide bonds. The molecule has 0 saturated carbocycles. The van der Waals surface area contributed by atoms with Gasteiger partial charge in [-0.05, 0) is 18.2 Å². The van der Waals surface area contributed by atoms with Gasteiger partial charge < -0.3 is 9.30 Å². The number of hydrogen-bond donors (Lipinski definition) is 1. The SMILES string of the molecule is Br.C#CCn1c(=N)sc2cc(OC)ccc21. The van der Waals surface area contributed by atoms with Gasteiger partial charge in [0.15, 0.2) is 4.80 Å². The topological polar surface area (TPSA) is 38.0 Å². The number of aromatic nitrogens is 1. The lowest BCUT2D eigenvalue weighted by atomic mass is 10.3. The van der Waals surface area contributed by atoms with E-state index in [1.54, 1.807) is 11.7 Å². The first-order chi connectivity index (χ1) is 7.26. The van der Waals surface area contributed by atoms with Crippen LogP contribution in [0.1, 0.15) is 0 Å². The predicted molar refractivity (Wildman–Crippen MR) is 71.4 cm³/mol. The average Bonchev–Trinajstić information content (AvgIpc) is 2.55. The Bertz CT molecular complexity index is 594. The molecule has 1 aromatic heterocycles. The van der Waals surface area contributed by atoms with E-state index in [0.717, 1.165) is 16.0 Å². The number of benzene rings is 1. The molecule has 0 atom stereocenters. The maximum Gasteiger partial charge on any atom is 0.183 e. The van der Waals surface area contributed by atoms with Gasteiger partial charge in [-0.25, -0.2) is 0 Å². The van der Waals surface area contributed by atoms with E-state index >= 15 is 0 Å². The molecule has 84 valence electrons. The molecule has 0 aliphatic rings. The van der Waals surface area contributed by atoms with Crippen LogP contribution in [0.3, 0.4) is 0 Å². The summed E-state index contributed by atoms with van der Waals surface area (Å²) in [6, 6.07) is 5.73. The number of terminal acetylenes is 1. The molecule has 0 saturated heterocycles. The van der Waals surface area contributed by atoms with Crippen LogP contribution in [0.25, 0.3) is 10.2 Å². The van der Waals surface area contributed by atoms with Gasteiger partial charge >= 0.3 is 0 Å². The van der Waals surface area contributed by atoms with Crippen LogP contribution in [0.15, 0.2) is 18.2 Å². The van der Waals surface area contributed by atoms with E-state index in [-0.39, 0.29) is 17.0 Å². The monoisotopic (exact) mass is 298 g/mol. The number of rotatable bonds is 2. The molecule has 0 fully saturated rings. The van der Waals surface area contributed by atoms with Gasteiger partial charge in [0.05, 0.1) is 23.9 Å². The van der Waals surface area contributed by atoms with Gasteiger partial charge in [-0.1, -0.05) is 17.3 Å². The van der Waals surface area contributed by atoms with Crippen molar-refractivity contribution < 1.29 is 4.74 Å². The van der Waals surface area contributed by atoms with Crippen molar-refractivity contribution in [2.24, 2.45) is 0 Å². The van der Waals surface area contributed by atoms with Crippen molar-refractivity contribution in [1.82, 2.24) is 4.57 Å². The van der Waals surface area contributed by atoms with Crippen LogP contribution in [0.4, 0.5) is 0 Å². The normalized spacial score (nSPS) is 9.50. The highest BCUT2D eigenvalue weighted by atomic mass is 79.9. The number of fused-ring (bicyclic) bond motifs is 1. The molecule has 2 aromatic rings. The van der Waals surface area contributed by atoms with Crippen molar-refractivity contribution in [1.29, 1.82) is 5.41 Å². The molecule has 0 spiro atoms. The van der Waals surface area contributed by atoms with Crippen LogP contribution >= 0.6 is 28.3 Å². The third-order valence-electron chi connectivity index (χ3n) is 2.16. The maximum atomic E-state index is 7.78. The molecule has 2 rings (SSSR count). The summed E-state index contributed by atoms with van der Waals surface area (Å²) in [6.07, 6.45) is 5.26. The van der Waals surface area contributed by atoms with E-state index in [1.807, 2.05) is 18.2 Å². The van der Waals surface area contributed by atoms with Gasteiger partial charge in [0.1, 0.15) is 5.75 Å². The Hall–Kier alpha value is -1.25. The van der Waals surface area contributed by atoms with E-state index in [0.29, 0.717) is 11.3 Å². The number of nitrogens with zero attached hydrogens (tertiary/aromatic N) is 1. The van der Waals surface area contributed by atoms with Crippen molar-refractivity contribution in [3.05, 3.63) is 23.0 Å². The Morgan fingerprint density at radius 2 is 2.31 bits per heavy atom. The largest absolute Gasteiger partial charge is 0.497 e. The highest BCUT2D eigenvalue weighted by Crippen LogP contribution is 2.22. The second kappa shape index (κ2) is 5.19. The van der Waals surface area contributed by atoms with Gasteiger partial charge in [-0.15, -0.1) is 23.4 Å². The minimum atomic E-state index is 0. The van der Waals surface area contributed by atoms with Gasteiger partial charge in [0, 0.05) is 0 Å². The molecule has 1 heterocycles. The van der Waals surface area contributed by atoms with E-state index in [2.05, 4.69) is 5.92 Å². The summed E-state index contributed by atoms with van der Waals surface area (Å²) in [4.78, 5) is 0.469. The lowest BCUT2D eigenvalue weighted by Gasteiger charge is -2.00. The molecule has 0 radical (unpaired) electrons. The summed E-state index contributed by atoms with van der Waals surface area (Å²) in [7, 11) is 1.63. The zero-order chi connectivity index (χ0) is 10.8. The fourth-order valence-corrected chi connectivity index (χ4v) is 2.38. The lowest BCUT2D eigenvalue weighted by molar-refractivity contribution is 0.415. The van der Waals surface area contributed by atoms with Crippen LogP contribution in [0.5, 0.6) is 5.75 Å². The fourth-order valence-electron chi connectivity index (χ4n) is 1.44. The summed E-state index contributed by atoms with van der Waals surface area (Å²) < 4.78 is 7.96. The Balaban J connectivity index is 0.00000128. The maximum absolute atomic E-state index is 7.78. The Kier molecular flexibility index (Phi) is 4.16. The predicted octanol–water partition coefficient (Wildman–Crippen LogP) is 2.40. The summed E-state index contributed by atoms with van der Waals surface area (Å²) in [5.74, 6) is 3.35. The number of nitrogens with one attached hydrogen (secondary N) is 1. The molecule has 1 aromatic carbocycles. The van der Waals surface area contributed by atoms with Crippen LogP contribution in [0, 0.1) is 17.8 Å². The Morgan fingerprint density at radius 3 is 2.94 bits per heavy atom. The number of methoxy groups -OCH3 is 1. The van der Waals surface area contributed by atoms with E-state index < -0.39 is 0 Å². The standard InChI is InChI=1S/C11H10N2OS.BrH/c1-3-6-13-9-5-4-8(14-2)7-10(9)15-11(13)12;/h1,4-5,7,12H,6H2,2H3;1H. The van der Waals surface area contributed by atoms with Crippen molar-refractivity contribution in [2.75, 3.05) is 7.11 Å². The molecule has 5 heteroatoms. The summed E-state index contributed by atoms with van der Waals surface area (Å²) >= 11 is 1.40. The third-order valence-corrected chi connectivity index (χ3v) is 3.12. The van der Waals surface area contributed by atoms with Crippen molar-refractivity contribution in [3.8, 4) is 18.1 Å². The summed E-state index contributed by atoms with van der Waals surface area (Å²) in [6.45, 7) is 0.436. The summed E-state index contributed by atoms with van der Waals surface area (Å²) in [5.41, 5.74) is 0.990. The lowest BCUT2D eigenvalue weighted by Crippen LogP contribution is -2.11. The first-order valence-electron chi connectivity index (χ1n) is 4.41. The van der Waals surface area contributed by atoms with Gasteiger partial charge in [-0.2, -0.15) is 0 Å². The highest BCUT2D eigenvalue weighted by molar-refractivity contribution is 8.93. The molecular weight excluding hydrogens is 288 g/mol. The Labute approximate surface area is 108 Å². The number of hydrogen-bond acceptors (Lipinski definition) is 3. The minimum Gasteiger partial charge on any atom is -0.497 e. The quantitative estimate of drug-likeness (QED) is 0.850. The average molecular weight is 299 g/mol. The van der Waals surface area contributed by atoms with Crippen LogP contribution < -0.4 is 9.54 Å².